The maximum Gasteiger partial charge on any atom is 0.338 e. The lowest BCUT2D eigenvalue weighted by atomic mass is 10.2. The third-order valence-electron chi connectivity index (χ3n) is 3.73. The van der Waals surface area contributed by atoms with E-state index in [2.05, 4.69) is 10.2 Å². The zero-order chi connectivity index (χ0) is 22.5. The maximum absolute atomic E-state index is 12.2. The molecule has 0 atom stereocenters. The third kappa shape index (κ3) is 5.51. The molecule has 0 saturated heterocycles. The fraction of sp³-hybridized carbons (Fsp3) is 0.176. The van der Waals surface area contributed by atoms with Crippen molar-refractivity contribution in [2.45, 2.75) is 4.90 Å². The fourth-order valence-corrected chi connectivity index (χ4v) is 3.34. The van der Waals surface area contributed by atoms with Crippen LogP contribution in [0.1, 0.15) is 10.4 Å². The SMILES string of the molecule is CON(C)S(=O)(=O)c1cccc(C(=O)OCC(=O)Nc2cc([N+](=O)[O-])ccc2Cl)c1. The molecule has 0 aliphatic carbocycles. The predicted molar refractivity (Wildman–Crippen MR) is 105 cm³/mol. The molecule has 0 spiro atoms. The van der Waals surface area contributed by atoms with Gasteiger partial charge in [-0.15, -0.1) is 0 Å². The lowest BCUT2D eigenvalue weighted by Crippen LogP contribution is -2.26. The van der Waals surface area contributed by atoms with Crippen molar-refractivity contribution >= 4 is 44.9 Å². The van der Waals surface area contributed by atoms with Gasteiger partial charge in [-0.1, -0.05) is 22.1 Å². The number of nitrogens with one attached hydrogen (secondary N) is 1. The van der Waals surface area contributed by atoms with Crippen LogP contribution in [0, 0.1) is 10.1 Å². The van der Waals surface area contributed by atoms with Crippen LogP contribution < -0.4 is 5.32 Å². The lowest BCUT2D eigenvalue weighted by Gasteiger charge is -2.14. The summed E-state index contributed by atoms with van der Waals surface area (Å²) < 4.78 is 30.0. The monoisotopic (exact) mass is 457 g/mol. The van der Waals surface area contributed by atoms with E-state index in [1.807, 2.05) is 0 Å². The van der Waals surface area contributed by atoms with Gasteiger partial charge in [-0.05, 0) is 24.3 Å². The largest absolute Gasteiger partial charge is 0.452 e. The van der Waals surface area contributed by atoms with Gasteiger partial charge in [0.15, 0.2) is 6.61 Å². The predicted octanol–water partition coefficient (Wildman–Crippen LogP) is 2.23. The molecule has 0 aromatic heterocycles. The average Bonchev–Trinajstić information content (AvgIpc) is 2.72. The highest BCUT2D eigenvalue weighted by Gasteiger charge is 2.22. The molecule has 0 unspecified atom stereocenters. The Morgan fingerprint density at radius 3 is 2.57 bits per heavy atom. The van der Waals surface area contributed by atoms with Gasteiger partial charge in [0, 0.05) is 19.2 Å². The highest BCUT2D eigenvalue weighted by molar-refractivity contribution is 7.89. The van der Waals surface area contributed by atoms with E-state index in [9.17, 15) is 28.1 Å². The van der Waals surface area contributed by atoms with E-state index in [0.29, 0.717) is 4.47 Å². The zero-order valence-electron chi connectivity index (χ0n) is 15.7. The number of nitro benzene ring substituents is 1. The number of hydrogen-bond donors (Lipinski definition) is 1. The standard InChI is InChI=1S/C17H16ClN3O8S/c1-20(28-2)30(26,27)13-5-3-4-11(8-13)17(23)29-10-16(22)19-15-9-12(21(24)25)6-7-14(15)18/h3-9H,10H2,1-2H3,(H,19,22). The number of rotatable bonds is 8. The van der Waals surface area contributed by atoms with Gasteiger partial charge in [-0.25, -0.2) is 13.2 Å². The minimum atomic E-state index is -3.98. The molecular weight excluding hydrogens is 442 g/mol. The number of ether oxygens (including phenoxy) is 1. The summed E-state index contributed by atoms with van der Waals surface area (Å²) in [5, 5.41) is 13.2. The van der Waals surface area contributed by atoms with Gasteiger partial charge < -0.3 is 10.1 Å². The molecular formula is C17H16ClN3O8S. The topological polar surface area (TPSA) is 145 Å². The Kier molecular flexibility index (Phi) is 7.45. The minimum absolute atomic E-state index is 0.0254. The van der Waals surface area contributed by atoms with Gasteiger partial charge >= 0.3 is 5.97 Å². The number of nitro groups is 1. The first kappa shape index (κ1) is 23.2. The Morgan fingerprint density at radius 2 is 1.93 bits per heavy atom. The number of amides is 1. The van der Waals surface area contributed by atoms with Crippen molar-refractivity contribution in [2.75, 3.05) is 26.1 Å². The Labute approximate surface area is 176 Å². The van der Waals surface area contributed by atoms with E-state index in [1.54, 1.807) is 0 Å². The number of nitrogens with zero attached hydrogens (tertiary/aromatic N) is 2. The number of hydrogen-bond acceptors (Lipinski definition) is 8. The highest BCUT2D eigenvalue weighted by atomic mass is 35.5. The molecule has 11 nitrogen and oxygen atoms in total. The second-order valence-electron chi connectivity index (χ2n) is 5.67. The number of sulfonamides is 1. The Balaban J connectivity index is 2.06. The molecule has 2 aromatic carbocycles. The lowest BCUT2D eigenvalue weighted by molar-refractivity contribution is -0.384. The summed E-state index contributed by atoms with van der Waals surface area (Å²) in [4.78, 5) is 38.8. The van der Waals surface area contributed by atoms with Crippen LogP contribution in [0.5, 0.6) is 0 Å². The molecule has 160 valence electrons. The number of hydroxylamine groups is 1. The van der Waals surface area contributed by atoms with E-state index < -0.39 is 33.4 Å². The van der Waals surface area contributed by atoms with E-state index in [4.69, 9.17) is 16.3 Å². The first-order valence-electron chi connectivity index (χ1n) is 8.10. The molecule has 0 aliphatic heterocycles. The molecule has 2 rings (SSSR count). The molecule has 13 heteroatoms. The van der Waals surface area contributed by atoms with Crippen molar-refractivity contribution in [3.8, 4) is 0 Å². The number of carbonyl (C=O) groups is 2. The molecule has 0 fully saturated rings. The minimum Gasteiger partial charge on any atom is -0.452 e. The average molecular weight is 458 g/mol. The summed E-state index contributed by atoms with van der Waals surface area (Å²) in [6, 6.07) is 8.44. The van der Waals surface area contributed by atoms with E-state index in [0.717, 1.165) is 12.1 Å². The van der Waals surface area contributed by atoms with E-state index in [1.165, 1.54) is 44.5 Å². The first-order valence-corrected chi connectivity index (χ1v) is 9.92. The molecule has 0 radical (unpaired) electrons. The van der Waals surface area contributed by atoms with E-state index >= 15 is 0 Å². The van der Waals surface area contributed by atoms with Crippen LogP contribution in [-0.4, -0.2) is 50.5 Å². The summed E-state index contributed by atoms with van der Waals surface area (Å²) in [7, 11) is -1.63. The number of carbonyl (C=O) groups excluding carboxylic acids is 2. The summed E-state index contributed by atoms with van der Waals surface area (Å²) in [6.07, 6.45) is 0. The maximum atomic E-state index is 12.2. The van der Waals surface area contributed by atoms with Crippen LogP contribution in [0.15, 0.2) is 47.4 Å². The van der Waals surface area contributed by atoms with Crippen molar-refractivity contribution in [3.05, 3.63) is 63.2 Å². The second kappa shape index (κ2) is 9.63. The molecule has 1 N–H and O–H groups in total. The number of esters is 1. The number of benzene rings is 2. The summed E-state index contributed by atoms with van der Waals surface area (Å²) >= 11 is 5.89. The number of halogens is 1. The van der Waals surface area contributed by atoms with Crippen molar-refractivity contribution in [3.63, 3.8) is 0 Å². The normalized spacial score (nSPS) is 11.2. The van der Waals surface area contributed by atoms with Gasteiger partial charge in [0.1, 0.15) is 0 Å². The van der Waals surface area contributed by atoms with Crippen LogP contribution in [0.2, 0.25) is 5.02 Å². The van der Waals surface area contributed by atoms with Crippen LogP contribution in [-0.2, 0) is 24.4 Å². The number of anilines is 1. The van der Waals surface area contributed by atoms with E-state index in [-0.39, 0.29) is 26.9 Å². The molecule has 0 saturated carbocycles. The van der Waals surface area contributed by atoms with Crippen LogP contribution >= 0.6 is 11.6 Å². The van der Waals surface area contributed by atoms with Gasteiger partial charge in [0.25, 0.3) is 21.6 Å². The van der Waals surface area contributed by atoms with Crippen molar-refractivity contribution in [2.24, 2.45) is 0 Å². The van der Waals surface area contributed by atoms with Crippen LogP contribution in [0.3, 0.4) is 0 Å². The number of non-ortho nitro benzene ring substituents is 1. The van der Waals surface area contributed by atoms with Crippen molar-refractivity contribution < 1.29 is 32.5 Å². The van der Waals surface area contributed by atoms with Gasteiger partial charge in [0.2, 0.25) is 0 Å². The molecule has 0 heterocycles. The van der Waals surface area contributed by atoms with Crippen LogP contribution in [0.25, 0.3) is 0 Å². The molecule has 2 aromatic rings. The Hall–Kier alpha value is -3.06. The molecule has 0 bridgehead atoms. The van der Waals surface area contributed by atoms with Gasteiger partial charge in [-0.3, -0.25) is 19.7 Å². The summed E-state index contributed by atoms with van der Waals surface area (Å²) in [6.45, 7) is -0.729. The van der Waals surface area contributed by atoms with Crippen molar-refractivity contribution in [1.82, 2.24) is 4.47 Å². The molecule has 0 aliphatic rings. The smallest absolute Gasteiger partial charge is 0.338 e. The van der Waals surface area contributed by atoms with Gasteiger partial charge in [0.05, 0.1) is 33.2 Å². The summed E-state index contributed by atoms with van der Waals surface area (Å²) in [5.41, 5.74) is -0.421. The Morgan fingerprint density at radius 1 is 1.23 bits per heavy atom. The third-order valence-corrected chi connectivity index (χ3v) is 5.74. The summed E-state index contributed by atoms with van der Waals surface area (Å²) in [5.74, 6) is -1.75. The van der Waals surface area contributed by atoms with Gasteiger partial charge in [-0.2, -0.15) is 0 Å². The fourth-order valence-electron chi connectivity index (χ4n) is 2.15. The first-order chi connectivity index (χ1) is 14.1. The highest BCUT2D eigenvalue weighted by Crippen LogP contribution is 2.26. The zero-order valence-corrected chi connectivity index (χ0v) is 17.3. The second-order valence-corrected chi connectivity index (χ2v) is 8.01. The Bertz CT molecular complexity index is 1090. The quantitative estimate of drug-likeness (QED) is 0.360. The van der Waals surface area contributed by atoms with Crippen molar-refractivity contribution in [1.29, 1.82) is 0 Å². The molecule has 30 heavy (non-hydrogen) atoms. The molecule has 1 amide bonds. The van der Waals surface area contributed by atoms with Crippen LogP contribution in [0.4, 0.5) is 11.4 Å².